The van der Waals surface area contributed by atoms with E-state index in [9.17, 15) is 14.4 Å². The number of ether oxygens (including phenoxy) is 3. The number of hydrogen-bond acceptors (Lipinski definition) is 6. The molecule has 1 atom stereocenters. The van der Waals surface area contributed by atoms with Gasteiger partial charge in [0, 0.05) is 19.3 Å². The summed E-state index contributed by atoms with van der Waals surface area (Å²) in [6.07, 6.45) is 103. The lowest BCUT2D eigenvalue weighted by Crippen LogP contribution is -2.30. The molecule has 0 aliphatic rings. The molecule has 0 N–H and O–H groups in total. The molecular weight excluding hydrogens is 1020 g/mol. The van der Waals surface area contributed by atoms with Gasteiger partial charge < -0.3 is 14.2 Å². The molecular formula is C77H120O6. The zero-order valence-electron chi connectivity index (χ0n) is 53.1. The number of carbonyl (C=O) groups is 3. The minimum absolute atomic E-state index is 0.107. The maximum atomic E-state index is 12.9. The van der Waals surface area contributed by atoms with Crippen LogP contribution in [0.3, 0.4) is 0 Å². The van der Waals surface area contributed by atoms with Crippen LogP contribution < -0.4 is 0 Å². The topological polar surface area (TPSA) is 78.9 Å². The number of carbonyl (C=O) groups excluding carboxylic acids is 3. The second kappa shape index (κ2) is 69.0. The van der Waals surface area contributed by atoms with E-state index in [0.717, 1.165) is 205 Å². The highest BCUT2D eigenvalue weighted by Crippen LogP contribution is 2.14. The molecule has 0 aromatic rings. The molecule has 0 aromatic heterocycles. The van der Waals surface area contributed by atoms with Crippen molar-refractivity contribution in [1.29, 1.82) is 0 Å². The molecule has 0 saturated heterocycles. The third-order valence-corrected chi connectivity index (χ3v) is 13.4. The number of hydrogen-bond donors (Lipinski definition) is 0. The van der Waals surface area contributed by atoms with Crippen LogP contribution in [0.1, 0.15) is 265 Å². The zero-order chi connectivity index (χ0) is 59.9. The van der Waals surface area contributed by atoms with Gasteiger partial charge >= 0.3 is 17.9 Å². The Balaban J connectivity index is 4.42. The number of allylic oxidation sites excluding steroid dienone is 30. The van der Waals surface area contributed by atoms with Crippen LogP contribution in [0.5, 0.6) is 0 Å². The Bertz CT molecular complexity index is 1940. The summed E-state index contributed by atoms with van der Waals surface area (Å²) in [7, 11) is 0. The number of esters is 3. The monoisotopic (exact) mass is 1140 g/mol. The quantitative estimate of drug-likeness (QED) is 0.0261. The van der Waals surface area contributed by atoms with Crippen molar-refractivity contribution < 1.29 is 28.6 Å². The summed E-state index contributed by atoms with van der Waals surface area (Å²) >= 11 is 0. The highest BCUT2D eigenvalue weighted by Gasteiger charge is 2.19. The van der Waals surface area contributed by atoms with E-state index in [0.29, 0.717) is 19.3 Å². The summed E-state index contributed by atoms with van der Waals surface area (Å²) in [5.41, 5.74) is 0. The molecule has 0 aliphatic carbocycles. The van der Waals surface area contributed by atoms with Gasteiger partial charge in [0.25, 0.3) is 0 Å². The SMILES string of the molecule is CC/C=C\C/C=C\C/C=C\C/C=C\C/C=C\C/C=C\C/C=C\C/C=C\CCCCCCCCC(=O)OCC(COC(=O)CCCCCCC/C=C\C/C=C\CCC)OC(=O)CCCCCCC/C=C\C/C=C\C/C=C\C/C=C\C/C=C\CC. The molecule has 0 amide bonds. The van der Waals surface area contributed by atoms with Crippen molar-refractivity contribution in [1.82, 2.24) is 0 Å². The Kier molecular flexibility index (Phi) is 64.4. The lowest BCUT2D eigenvalue weighted by atomic mass is 10.1. The first kappa shape index (κ1) is 77.5. The summed E-state index contributed by atoms with van der Waals surface area (Å²) in [6.45, 7) is 6.30. The Labute approximate surface area is 510 Å². The van der Waals surface area contributed by atoms with Crippen LogP contribution >= 0.6 is 0 Å². The fraction of sp³-hybridized carbons (Fsp3) is 0.571. The molecule has 0 rings (SSSR count). The molecule has 0 bridgehead atoms. The minimum Gasteiger partial charge on any atom is -0.462 e. The molecule has 0 heterocycles. The second-order valence-corrected chi connectivity index (χ2v) is 21.3. The van der Waals surface area contributed by atoms with E-state index in [2.05, 4.69) is 203 Å². The summed E-state index contributed by atoms with van der Waals surface area (Å²) in [6, 6.07) is 0. The van der Waals surface area contributed by atoms with Gasteiger partial charge in [-0.15, -0.1) is 0 Å². The van der Waals surface area contributed by atoms with Crippen LogP contribution in [-0.4, -0.2) is 37.2 Å². The standard InChI is InChI=1S/C77H120O6/c1-4-7-10-13-16-19-22-25-27-29-31-33-34-35-36-37-38-39-40-41-42-44-45-47-49-52-55-58-61-64-67-70-76(79)82-73-74(72-81-75(78)69-66-63-60-57-54-51-24-21-18-15-12-9-6-3)83-77(80)71-68-65-62-59-56-53-50-48-46-43-32-30-28-26-23-20-17-14-11-8-5-2/h7-8,10-12,15-17,19-21,24-28,31-33,35-36,38-39,41-43,45,47-48,50,74H,4-6,9,13-14,18,22-23,29-30,34,37,40,44,46,49,51-73H2,1-3H3/b10-7-,11-8-,15-12-,19-16-,20-17-,24-21-,27-25-,28-26-,33-31-,36-35-,39-38-,42-41-,43-32-,47-45-,50-48-. The van der Waals surface area contributed by atoms with Crippen molar-refractivity contribution >= 4 is 17.9 Å². The molecule has 0 aromatic carbocycles. The first-order valence-corrected chi connectivity index (χ1v) is 33.3. The molecule has 0 fully saturated rings. The van der Waals surface area contributed by atoms with Gasteiger partial charge in [-0.2, -0.15) is 0 Å². The number of unbranched alkanes of at least 4 members (excludes halogenated alkanes) is 17. The highest BCUT2D eigenvalue weighted by molar-refractivity contribution is 5.71. The lowest BCUT2D eigenvalue weighted by molar-refractivity contribution is -0.167. The molecule has 0 aliphatic heterocycles. The average Bonchev–Trinajstić information content (AvgIpc) is 3.49. The van der Waals surface area contributed by atoms with Crippen LogP contribution in [0.25, 0.3) is 0 Å². The summed E-state index contributed by atoms with van der Waals surface area (Å²) in [5.74, 6) is -0.959. The van der Waals surface area contributed by atoms with Crippen molar-refractivity contribution in [2.45, 2.75) is 271 Å². The Morgan fingerprint density at radius 3 is 0.735 bits per heavy atom. The van der Waals surface area contributed by atoms with E-state index in [1.54, 1.807) is 0 Å². The van der Waals surface area contributed by atoms with Gasteiger partial charge in [0.05, 0.1) is 0 Å². The first-order chi connectivity index (χ1) is 41.0. The van der Waals surface area contributed by atoms with Crippen molar-refractivity contribution in [3.8, 4) is 0 Å². The molecule has 0 saturated carbocycles. The molecule has 0 radical (unpaired) electrons. The lowest BCUT2D eigenvalue weighted by Gasteiger charge is -2.18. The molecule has 464 valence electrons. The Morgan fingerprint density at radius 1 is 0.253 bits per heavy atom. The largest absolute Gasteiger partial charge is 0.462 e. The van der Waals surface area contributed by atoms with Gasteiger partial charge in [-0.05, 0) is 154 Å². The molecule has 6 nitrogen and oxygen atoms in total. The van der Waals surface area contributed by atoms with Gasteiger partial charge in [0.2, 0.25) is 0 Å². The van der Waals surface area contributed by atoms with E-state index in [1.807, 2.05) is 0 Å². The van der Waals surface area contributed by atoms with Crippen LogP contribution in [-0.2, 0) is 28.6 Å². The van der Waals surface area contributed by atoms with Crippen LogP contribution in [0.2, 0.25) is 0 Å². The third kappa shape index (κ3) is 67.2. The van der Waals surface area contributed by atoms with E-state index in [1.165, 1.54) is 19.3 Å². The molecule has 83 heavy (non-hydrogen) atoms. The van der Waals surface area contributed by atoms with Gasteiger partial charge in [-0.25, -0.2) is 0 Å². The smallest absolute Gasteiger partial charge is 0.306 e. The Hall–Kier alpha value is -5.49. The normalized spacial score (nSPS) is 13.3. The van der Waals surface area contributed by atoms with Crippen molar-refractivity contribution in [3.63, 3.8) is 0 Å². The van der Waals surface area contributed by atoms with E-state index >= 15 is 0 Å². The van der Waals surface area contributed by atoms with E-state index < -0.39 is 6.10 Å². The maximum Gasteiger partial charge on any atom is 0.306 e. The predicted octanol–water partition coefficient (Wildman–Crippen LogP) is 23.2. The van der Waals surface area contributed by atoms with Crippen molar-refractivity contribution in [3.05, 3.63) is 182 Å². The second-order valence-electron chi connectivity index (χ2n) is 21.3. The maximum absolute atomic E-state index is 12.9. The molecule has 6 heteroatoms. The van der Waals surface area contributed by atoms with Crippen molar-refractivity contribution in [2.24, 2.45) is 0 Å². The third-order valence-electron chi connectivity index (χ3n) is 13.4. The van der Waals surface area contributed by atoms with E-state index in [-0.39, 0.29) is 31.1 Å². The van der Waals surface area contributed by atoms with E-state index in [4.69, 9.17) is 14.2 Å². The first-order valence-electron chi connectivity index (χ1n) is 33.3. The predicted molar refractivity (Wildman–Crippen MR) is 361 cm³/mol. The Morgan fingerprint density at radius 2 is 0.470 bits per heavy atom. The molecule has 1 unspecified atom stereocenters. The zero-order valence-corrected chi connectivity index (χ0v) is 53.1. The van der Waals surface area contributed by atoms with Crippen LogP contribution in [0.15, 0.2) is 182 Å². The van der Waals surface area contributed by atoms with Crippen molar-refractivity contribution in [2.75, 3.05) is 13.2 Å². The summed E-state index contributed by atoms with van der Waals surface area (Å²) < 4.78 is 16.9. The van der Waals surface area contributed by atoms with Gasteiger partial charge in [0.1, 0.15) is 13.2 Å². The van der Waals surface area contributed by atoms with Gasteiger partial charge in [0.15, 0.2) is 6.10 Å². The summed E-state index contributed by atoms with van der Waals surface area (Å²) in [4.78, 5) is 38.4. The highest BCUT2D eigenvalue weighted by atomic mass is 16.6. The fourth-order valence-electron chi connectivity index (χ4n) is 8.46. The molecule has 0 spiro atoms. The fourth-order valence-corrected chi connectivity index (χ4v) is 8.46. The number of rotatable bonds is 58. The van der Waals surface area contributed by atoms with Gasteiger partial charge in [-0.1, -0.05) is 274 Å². The van der Waals surface area contributed by atoms with Crippen LogP contribution in [0.4, 0.5) is 0 Å². The minimum atomic E-state index is -0.813. The average molecular weight is 1140 g/mol. The summed E-state index contributed by atoms with van der Waals surface area (Å²) in [5, 5.41) is 0. The van der Waals surface area contributed by atoms with Crippen LogP contribution in [0, 0.1) is 0 Å². The van der Waals surface area contributed by atoms with Gasteiger partial charge in [-0.3, -0.25) is 14.4 Å².